The molecule has 2 amide bonds. The summed E-state index contributed by atoms with van der Waals surface area (Å²) < 4.78 is 10.7. The topological polar surface area (TPSA) is 136 Å². The van der Waals surface area contributed by atoms with Crippen molar-refractivity contribution in [1.82, 2.24) is 10.9 Å². The minimum Gasteiger partial charge on any atom is -0.423 e. The van der Waals surface area contributed by atoms with Gasteiger partial charge in [-0.25, -0.2) is 20.4 Å². The second kappa shape index (κ2) is 16.1. The van der Waals surface area contributed by atoms with Crippen molar-refractivity contribution < 1.29 is 28.7 Å². The van der Waals surface area contributed by atoms with E-state index in [2.05, 4.69) is 21.1 Å². The third kappa shape index (κ3) is 9.89. The molecular weight excluding hydrogens is 560 g/mol. The van der Waals surface area contributed by atoms with Crippen molar-refractivity contribution in [2.75, 3.05) is 0 Å². The van der Waals surface area contributed by atoms with Gasteiger partial charge in [0.2, 0.25) is 0 Å². The van der Waals surface area contributed by atoms with Crippen LogP contribution in [0.15, 0.2) is 132 Å². The Bertz CT molecular complexity index is 1600. The molecule has 4 aromatic carbocycles. The van der Waals surface area contributed by atoms with Crippen LogP contribution in [0.4, 0.5) is 0 Å². The first-order valence-electron chi connectivity index (χ1n) is 13.2. The van der Waals surface area contributed by atoms with Gasteiger partial charge in [-0.15, -0.1) is 0 Å². The lowest BCUT2D eigenvalue weighted by atomic mass is 10.2. The summed E-state index contributed by atoms with van der Waals surface area (Å²) in [6.07, 6.45) is 8.29. The number of nitrogens with one attached hydrogen (secondary N) is 2. The van der Waals surface area contributed by atoms with Gasteiger partial charge in [0.25, 0.3) is 0 Å². The number of esters is 2. The molecule has 0 saturated carbocycles. The molecule has 10 nitrogen and oxygen atoms in total. The molecule has 0 spiro atoms. The second-order valence-electron chi connectivity index (χ2n) is 8.80. The molecule has 0 aliphatic carbocycles. The predicted molar refractivity (Wildman–Crippen MR) is 167 cm³/mol. The number of para-hydroxylation sites is 2. The van der Waals surface area contributed by atoms with Gasteiger partial charge in [0, 0.05) is 23.3 Å². The first kappa shape index (κ1) is 30.5. The number of hydrogen-bond acceptors (Lipinski definition) is 8. The van der Waals surface area contributed by atoms with Crippen molar-refractivity contribution in [2.45, 2.75) is 0 Å². The smallest absolute Gasteiger partial charge is 0.336 e. The summed E-state index contributed by atoms with van der Waals surface area (Å²) in [6.45, 7) is 0. The SMILES string of the molecule is O=C(/C=C/c1ccccc1)Oc1ccccc1/C=N/NC(=O)C(=O)N/N=C/c1ccccc1OC(=O)/C=C/c1ccccc1. The average Bonchev–Trinajstić information content (AvgIpc) is 3.05. The first-order chi connectivity index (χ1) is 21.5. The van der Waals surface area contributed by atoms with Crippen molar-refractivity contribution in [3.05, 3.63) is 144 Å². The first-order valence-corrected chi connectivity index (χ1v) is 13.2. The van der Waals surface area contributed by atoms with Crippen molar-refractivity contribution in [3.63, 3.8) is 0 Å². The van der Waals surface area contributed by atoms with E-state index in [1.807, 2.05) is 60.7 Å². The summed E-state index contributed by atoms with van der Waals surface area (Å²) in [7, 11) is 0. The molecule has 0 atom stereocenters. The van der Waals surface area contributed by atoms with Crippen LogP contribution in [0.25, 0.3) is 12.2 Å². The van der Waals surface area contributed by atoms with E-state index in [4.69, 9.17) is 9.47 Å². The van der Waals surface area contributed by atoms with E-state index < -0.39 is 23.8 Å². The van der Waals surface area contributed by atoms with Crippen LogP contribution in [-0.2, 0) is 19.2 Å². The number of amides is 2. The Kier molecular flexibility index (Phi) is 11.2. The normalized spacial score (nSPS) is 11.2. The van der Waals surface area contributed by atoms with E-state index in [1.54, 1.807) is 60.7 Å². The zero-order valence-electron chi connectivity index (χ0n) is 23.2. The highest BCUT2D eigenvalue weighted by Gasteiger charge is 2.12. The Labute approximate surface area is 253 Å². The van der Waals surface area contributed by atoms with Gasteiger partial charge in [0.15, 0.2) is 0 Å². The largest absolute Gasteiger partial charge is 0.423 e. The Balaban J connectivity index is 1.28. The van der Waals surface area contributed by atoms with Crippen LogP contribution in [0.3, 0.4) is 0 Å². The molecule has 0 aliphatic heterocycles. The Morgan fingerprint density at radius 1 is 0.500 bits per heavy atom. The molecule has 0 aliphatic rings. The van der Waals surface area contributed by atoms with E-state index in [-0.39, 0.29) is 11.5 Å². The van der Waals surface area contributed by atoms with Gasteiger partial charge < -0.3 is 9.47 Å². The van der Waals surface area contributed by atoms with Gasteiger partial charge in [0.05, 0.1) is 12.4 Å². The van der Waals surface area contributed by atoms with E-state index >= 15 is 0 Å². The number of ether oxygens (including phenoxy) is 2. The lowest BCUT2D eigenvalue weighted by Crippen LogP contribution is -2.35. The third-order valence-electron chi connectivity index (χ3n) is 5.63. The van der Waals surface area contributed by atoms with Gasteiger partial charge in [0.1, 0.15) is 11.5 Å². The minimum absolute atomic E-state index is 0.206. The van der Waals surface area contributed by atoms with Crippen molar-refractivity contribution in [3.8, 4) is 11.5 Å². The molecule has 0 heterocycles. The van der Waals surface area contributed by atoms with E-state index in [0.717, 1.165) is 11.1 Å². The minimum atomic E-state index is -1.09. The van der Waals surface area contributed by atoms with Crippen LogP contribution in [0, 0.1) is 0 Å². The van der Waals surface area contributed by atoms with Gasteiger partial charge in [-0.05, 0) is 47.5 Å². The van der Waals surface area contributed by atoms with Crippen LogP contribution in [-0.4, -0.2) is 36.2 Å². The molecule has 218 valence electrons. The Hall–Kier alpha value is -6.42. The molecule has 10 heteroatoms. The molecule has 2 N–H and O–H groups in total. The standard InChI is InChI=1S/C34H26N4O6/c39-31(21-19-25-11-3-1-4-12-25)43-29-17-9-7-15-27(29)23-35-37-33(41)34(42)38-36-24-28-16-8-10-18-30(28)44-32(40)22-20-26-13-5-2-6-14-26/h1-24H,(H,37,41)(H,38,42)/b21-19+,22-20+,35-23+,36-24+. The highest BCUT2D eigenvalue weighted by molar-refractivity contribution is 6.35. The number of carbonyl (C=O) groups excluding carboxylic acids is 4. The molecule has 0 fully saturated rings. The van der Waals surface area contributed by atoms with Gasteiger partial charge in [-0.2, -0.15) is 10.2 Å². The van der Waals surface area contributed by atoms with E-state index in [9.17, 15) is 19.2 Å². The maximum Gasteiger partial charge on any atom is 0.336 e. The fraction of sp³-hybridized carbons (Fsp3) is 0. The number of hydrogen-bond donors (Lipinski definition) is 2. The average molecular weight is 587 g/mol. The Morgan fingerprint density at radius 3 is 1.27 bits per heavy atom. The van der Waals surface area contributed by atoms with Crippen molar-refractivity contribution in [2.24, 2.45) is 10.2 Å². The molecular formula is C34H26N4O6. The van der Waals surface area contributed by atoms with Crippen LogP contribution >= 0.6 is 0 Å². The zero-order chi connectivity index (χ0) is 31.0. The number of rotatable bonds is 10. The number of nitrogens with zero attached hydrogens (tertiary/aromatic N) is 2. The van der Waals surface area contributed by atoms with E-state index in [0.29, 0.717) is 11.1 Å². The molecule has 0 bridgehead atoms. The third-order valence-corrected chi connectivity index (χ3v) is 5.63. The number of hydrazone groups is 2. The van der Waals surface area contributed by atoms with Gasteiger partial charge in [-0.1, -0.05) is 84.9 Å². The summed E-state index contributed by atoms with van der Waals surface area (Å²) >= 11 is 0. The maximum absolute atomic E-state index is 12.3. The summed E-state index contributed by atoms with van der Waals surface area (Å²) in [4.78, 5) is 48.9. The van der Waals surface area contributed by atoms with Crippen LogP contribution in [0.2, 0.25) is 0 Å². The summed E-state index contributed by atoms with van der Waals surface area (Å²) in [6, 6.07) is 31.6. The Morgan fingerprint density at radius 2 is 0.864 bits per heavy atom. The summed E-state index contributed by atoms with van der Waals surface area (Å²) in [5.41, 5.74) is 6.62. The molecule has 4 aromatic rings. The van der Waals surface area contributed by atoms with Crippen molar-refractivity contribution >= 4 is 48.3 Å². The highest BCUT2D eigenvalue weighted by Crippen LogP contribution is 2.17. The molecule has 0 unspecified atom stereocenters. The van der Waals surface area contributed by atoms with Crippen LogP contribution in [0.5, 0.6) is 11.5 Å². The zero-order valence-corrected chi connectivity index (χ0v) is 23.2. The van der Waals surface area contributed by atoms with E-state index in [1.165, 1.54) is 24.6 Å². The maximum atomic E-state index is 12.3. The monoisotopic (exact) mass is 586 g/mol. The van der Waals surface area contributed by atoms with Crippen LogP contribution in [0.1, 0.15) is 22.3 Å². The number of benzene rings is 4. The van der Waals surface area contributed by atoms with Crippen molar-refractivity contribution in [1.29, 1.82) is 0 Å². The van der Waals surface area contributed by atoms with Gasteiger partial charge >= 0.3 is 23.8 Å². The predicted octanol–water partition coefficient (Wildman–Crippen LogP) is 4.52. The molecule has 4 rings (SSSR count). The molecule has 0 aromatic heterocycles. The lowest BCUT2D eigenvalue weighted by Gasteiger charge is -2.05. The molecule has 0 saturated heterocycles. The second-order valence-corrected chi connectivity index (χ2v) is 8.80. The molecule has 44 heavy (non-hydrogen) atoms. The summed E-state index contributed by atoms with van der Waals surface area (Å²) in [5, 5.41) is 7.53. The fourth-order valence-electron chi connectivity index (χ4n) is 3.52. The van der Waals surface area contributed by atoms with Crippen LogP contribution < -0.4 is 20.3 Å². The molecule has 0 radical (unpaired) electrons. The number of carbonyl (C=O) groups is 4. The van der Waals surface area contributed by atoms with Gasteiger partial charge in [-0.3, -0.25) is 9.59 Å². The fourth-order valence-corrected chi connectivity index (χ4v) is 3.52. The quantitative estimate of drug-likeness (QED) is 0.0700. The lowest BCUT2D eigenvalue weighted by molar-refractivity contribution is -0.139. The highest BCUT2D eigenvalue weighted by atomic mass is 16.5. The summed E-state index contributed by atoms with van der Waals surface area (Å²) in [5.74, 6) is -2.98.